The number of para-hydroxylation sites is 1. The monoisotopic (exact) mass is 410 g/mol. The van der Waals surface area contributed by atoms with Crippen molar-refractivity contribution in [3.63, 3.8) is 0 Å². The predicted octanol–water partition coefficient (Wildman–Crippen LogP) is 3.52. The molecule has 0 aliphatic heterocycles. The van der Waals surface area contributed by atoms with Crippen molar-refractivity contribution in [2.45, 2.75) is 17.9 Å². The minimum absolute atomic E-state index is 0.00845. The van der Waals surface area contributed by atoms with Crippen molar-refractivity contribution in [3.8, 4) is 0 Å². The van der Waals surface area contributed by atoms with Crippen LogP contribution in [0.2, 0.25) is 0 Å². The molecule has 5 N–H and O–H groups in total. The number of nitrogens with two attached hydrogens (primary N) is 1. The van der Waals surface area contributed by atoms with Crippen molar-refractivity contribution in [1.82, 2.24) is 0 Å². The van der Waals surface area contributed by atoms with Gasteiger partial charge in [-0.1, -0.05) is 18.2 Å². The number of benzene rings is 3. The SMILES string of the molecule is C[C@@H](Nc1ccc(Nc2ccccc2)cc1)C(=O)Nc1ccc(S(N)(=O)=O)cc1. The summed E-state index contributed by atoms with van der Waals surface area (Å²) in [6, 6.07) is 22.6. The van der Waals surface area contributed by atoms with Crippen LogP contribution in [-0.2, 0) is 14.8 Å². The Hall–Kier alpha value is -3.36. The third-order valence-electron chi connectivity index (χ3n) is 4.17. The van der Waals surface area contributed by atoms with Crippen molar-refractivity contribution in [1.29, 1.82) is 0 Å². The molecule has 0 radical (unpaired) electrons. The van der Waals surface area contributed by atoms with Crippen molar-refractivity contribution in [3.05, 3.63) is 78.9 Å². The van der Waals surface area contributed by atoms with Gasteiger partial charge in [0.2, 0.25) is 15.9 Å². The van der Waals surface area contributed by atoms with Crippen molar-refractivity contribution in [2.75, 3.05) is 16.0 Å². The average Bonchev–Trinajstić information content (AvgIpc) is 2.70. The lowest BCUT2D eigenvalue weighted by molar-refractivity contribution is -0.116. The molecule has 0 bridgehead atoms. The van der Waals surface area contributed by atoms with E-state index < -0.39 is 16.1 Å². The van der Waals surface area contributed by atoms with Gasteiger partial charge < -0.3 is 16.0 Å². The van der Waals surface area contributed by atoms with Gasteiger partial charge in [-0.15, -0.1) is 0 Å². The Morgan fingerprint density at radius 3 is 1.90 bits per heavy atom. The molecule has 8 heteroatoms. The van der Waals surface area contributed by atoms with Crippen LogP contribution in [0.4, 0.5) is 22.7 Å². The summed E-state index contributed by atoms with van der Waals surface area (Å²) in [5, 5.41) is 14.2. The minimum atomic E-state index is -3.76. The number of sulfonamides is 1. The van der Waals surface area contributed by atoms with E-state index in [9.17, 15) is 13.2 Å². The molecule has 0 aliphatic rings. The zero-order chi connectivity index (χ0) is 20.9. The van der Waals surface area contributed by atoms with Crippen LogP contribution in [0.15, 0.2) is 83.8 Å². The zero-order valence-corrected chi connectivity index (χ0v) is 16.6. The molecule has 7 nitrogen and oxygen atoms in total. The van der Waals surface area contributed by atoms with Crippen LogP contribution in [0.1, 0.15) is 6.92 Å². The van der Waals surface area contributed by atoms with Gasteiger partial charge in [0.05, 0.1) is 4.90 Å². The number of hydrogen-bond acceptors (Lipinski definition) is 5. The highest BCUT2D eigenvalue weighted by Gasteiger charge is 2.14. The van der Waals surface area contributed by atoms with Crippen LogP contribution in [0.3, 0.4) is 0 Å². The molecule has 0 heterocycles. The number of nitrogens with one attached hydrogen (secondary N) is 3. The first kappa shape index (κ1) is 20.4. The fraction of sp³-hybridized carbons (Fsp3) is 0.0952. The second-order valence-corrected chi connectivity index (χ2v) is 8.05. The van der Waals surface area contributed by atoms with E-state index in [1.807, 2.05) is 54.6 Å². The second kappa shape index (κ2) is 8.76. The van der Waals surface area contributed by atoms with Crippen LogP contribution in [0.25, 0.3) is 0 Å². The molecule has 1 atom stereocenters. The molecule has 0 saturated heterocycles. The first-order chi connectivity index (χ1) is 13.8. The zero-order valence-electron chi connectivity index (χ0n) is 15.8. The van der Waals surface area contributed by atoms with Gasteiger partial charge in [-0.25, -0.2) is 13.6 Å². The largest absolute Gasteiger partial charge is 0.374 e. The number of carbonyl (C=O) groups is 1. The van der Waals surface area contributed by atoms with Gasteiger partial charge in [0.15, 0.2) is 0 Å². The summed E-state index contributed by atoms with van der Waals surface area (Å²) in [7, 11) is -3.76. The molecule has 3 rings (SSSR count). The summed E-state index contributed by atoms with van der Waals surface area (Å²) in [5.74, 6) is -0.250. The molecule has 1 amide bonds. The Kier molecular flexibility index (Phi) is 6.16. The molecule has 150 valence electrons. The first-order valence-corrected chi connectivity index (χ1v) is 10.5. The van der Waals surface area contributed by atoms with E-state index in [-0.39, 0.29) is 10.8 Å². The topological polar surface area (TPSA) is 113 Å². The lowest BCUT2D eigenvalue weighted by atomic mass is 10.2. The summed E-state index contributed by atoms with van der Waals surface area (Å²) < 4.78 is 22.6. The van der Waals surface area contributed by atoms with E-state index in [4.69, 9.17) is 5.14 Å². The first-order valence-electron chi connectivity index (χ1n) is 8.94. The molecule has 0 fully saturated rings. The molecule has 0 spiro atoms. The molecule has 0 unspecified atom stereocenters. The maximum absolute atomic E-state index is 12.4. The maximum Gasteiger partial charge on any atom is 0.246 e. The van der Waals surface area contributed by atoms with Crippen LogP contribution in [-0.4, -0.2) is 20.4 Å². The van der Waals surface area contributed by atoms with Crippen LogP contribution >= 0.6 is 0 Å². The summed E-state index contributed by atoms with van der Waals surface area (Å²) >= 11 is 0. The number of primary sulfonamides is 1. The van der Waals surface area contributed by atoms with Gasteiger partial charge in [-0.05, 0) is 67.6 Å². The highest BCUT2D eigenvalue weighted by Crippen LogP contribution is 2.19. The lowest BCUT2D eigenvalue weighted by Gasteiger charge is -2.16. The molecule has 0 aromatic heterocycles. The summed E-state index contributed by atoms with van der Waals surface area (Å²) in [5.41, 5.74) is 3.22. The van der Waals surface area contributed by atoms with Crippen LogP contribution in [0, 0.1) is 0 Å². The standard InChI is InChI=1S/C21H22N4O3S/c1-15(21(26)25-19-11-13-20(14-12-19)29(22,27)28)23-17-7-9-18(10-8-17)24-16-5-3-2-4-6-16/h2-15,23-24H,1H3,(H,25,26)(H2,22,27,28)/t15-/m1/s1. The molecule has 29 heavy (non-hydrogen) atoms. The van der Waals surface area contributed by atoms with Gasteiger partial charge in [0.1, 0.15) is 6.04 Å². The Labute approximate surface area is 170 Å². The molecular formula is C21H22N4O3S. The van der Waals surface area contributed by atoms with Crippen molar-refractivity contribution >= 4 is 38.7 Å². The Morgan fingerprint density at radius 2 is 1.31 bits per heavy atom. The van der Waals surface area contributed by atoms with Gasteiger partial charge in [0, 0.05) is 22.7 Å². The van der Waals surface area contributed by atoms with E-state index in [0.717, 1.165) is 17.1 Å². The van der Waals surface area contributed by atoms with Crippen molar-refractivity contribution < 1.29 is 13.2 Å². The number of carbonyl (C=O) groups excluding carboxylic acids is 1. The molecule has 3 aromatic carbocycles. The fourth-order valence-electron chi connectivity index (χ4n) is 2.63. The third kappa shape index (κ3) is 5.81. The summed E-state index contributed by atoms with van der Waals surface area (Å²) in [6.07, 6.45) is 0. The van der Waals surface area contributed by atoms with Crippen LogP contribution < -0.4 is 21.1 Å². The number of amides is 1. The molecule has 3 aromatic rings. The lowest BCUT2D eigenvalue weighted by Crippen LogP contribution is -2.31. The Morgan fingerprint density at radius 1 is 0.793 bits per heavy atom. The van der Waals surface area contributed by atoms with E-state index in [1.165, 1.54) is 24.3 Å². The van der Waals surface area contributed by atoms with Crippen LogP contribution in [0.5, 0.6) is 0 Å². The minimum Gasteiger partial charge on any atom is -0.374 e. The van der Waals surface area contributed by atoms with Gasteiger partial charge >= 0.3 is 0 Å². The van der Waals surface area contributed by atoms with E-state index in [2.05, 4.69) is 16.0 Å². The fourth-order valence-corrected chi connectivity index (χ4v) is 3.15. The van der Waals surface area contributed by atoms with Crippen molar-refractivity contribution in [2.24, 2.45) is 5.14 Å². The second-order valence-electron chi connectivity index (χ2n) is 6.49. The number of anilines is 4. The van der Waals surface area contributed by atoms with Gasteiger partial charge in [-0.3, -0.25) is 4.79 Å². The third-order valence-corrected chi connectivity index (χ3v) is 5.10. The Bertz CT molecular complexity index is 1070. The predicted molar refractivity (Wildman–Crippen MR) is 116 cm³/mol. The maximum atomic E-state index is 12.4. The molecule has 0 aliphatic carbocycles. The quantitative estimate of drug-likeness (QED) is 0.476. The molecular weight excluding hydrogens is 388 g/mol. The van der Waals surface area contributed by atoms with E-state index in [1.54, 1.807) is 6.92 Å². The van der Waals surface area contributed by atoms with E-state index >= 15 is 0 Å². The van der Waals surface area contributed by atoms with Gasteiger partial charge in [-0.2, -0.15) is 0 Å². The Balaban J connectivity index is 1.56. The molecule has 0 saturated carbocycles. The summed E-state index contributed by atoms with van der Waals surface area (Å²) in [4.78, 5) is 12.4. The number of rotatable bonds is 7. The van der Waals surface area contributed by atoms with E-state index in [0.29, 0.717) is 5.69 Å². The average molecular weight is 410 g/mol. The normalized spacial score (nSPS) is 12.1. The number of hydrogen-bond donors (Lipinski definition) is 4. The smallest absolute Gasteiger partial charge is 0.246 e. The highest BCUT2D eigenvalue weighted by atomic mass is 32.2. The van der Waals surface area contributed by atoms with Gasteiger partial charge in [0.25, 0.3) is 0 Å². The highest BCUT2D eigenvalue weighted by molar-refractivity contribution is 7.89. The summed E-state index contributed by atoms with van der Waals surface area (Å²) in [6.45, 7) is 1.74.